The van der Waals surface area contributed by atoms with Gasteiger partial charge in [-0.2, -0.15) is 8.78 Å². The second kappa shape index (κ2) is 9.43. The molecule has 0 unspecified atom stereocenters. The lowest BCUT2D eigenvalue weighted by atomic mass is 9.96. The maximum Gasteiger partial charge on any atom is 0.319 e. The van der Waals surface area contributed by atoms with Crippen LogP contribution in [0.25, 0.3) is 0 Å². The van der Waals surface area contributed by atoms with Crippen LogP contribution in [0.5, 0.6) is 0 Å². The Labute approximate surface area is 173 Å². The molecule has 1 aromatic carbocycles. The summed E-state index contributed by atoms with van der Waals surface area (Å²) in [4.78, 5) is 8.27. The van der Waals surface area contributed by atoms with Crippen molar-refractivity contribution in [1.82, 2.24) is 20.2 Å². The molecule has 27 heavy (non-hydrogen) atoms. The summed E-state index contributed by atoms with van der Waals surface area (Å²) in [7, 11) is 0. The minimum Gasteiger partial charge on any atom is -0.357 e. The third kappa shape index (κ3) is 5.36. The van der Waals surface area contributed by atoms with E-state index in [9.17, 15) is 13.2 Å². The molecule has 1 aromatic heterocycles. The van der Waals surface area contributed by atoms with E-state index in [1.165, 1.54) is 18.5 Å². The van der Waals surface area contributed by atoms with Crippen LogP contribution in [0.4, 0.5) is 13.2 Å². The molecule has 2 N–H and O–H groups in total. The van der Waals surface area contributed by atoms with Crippen molar-refractivity contribution in [3.63, 3.8) is 0 Å². The molecule has 0 atom stereocenters. The van der Waals surface area contributed by atoms with Gasteiger partial charge < -0.3 is 10.6 Å². The van der Waals surface area contributed by atoms with Crippen molar-refractivity contribution in [2.45, 2.75) is 38.3 Å². The number of aromatic nitrogens is 2. The van der Waals surface area contributed by atoms with Crippen LogP contribution >= 0.6 is 24.0 Å². The fourth-order valence-electron chi connectivity index (χ4n) is 2.93. The van der Waals surface area contributed by atoms with E-state index in [1.54, 1.807) is 12.1 Å². The Morgan fingerprint density at radius 3 is 2.74 bits per heavy atom. The fourth-order valence-corrected chi connectivity index (χ4v) is 2.93. The van der Waals surface area contributed by atoms with Crippen molar-refractivity contribution in [2.75, 3.05) is 13.1 Å². The molecule has 1 aliphatic carbocycles. The summed E-state index contributed by atoms with van der Waals surface area (Å²) < 4.78 is 40.1. The number of rotatable bonds is 7. The van der Waals surface area contributed by atoms with E-state index in [1.807, 2.05) is 13.0 Å². The van der Waals surface area contributed by atoms with Crippen LogP contribution in [0.15, 0.2) is 41.7 Å². The number of alkyl halides is 2. The summed E-state index contributed by atoms with van der Waals surface area (Å²) in [5, 5.41) is 6.34. The van der Waals surface area contributed by atoms with Crippen molar-refractivity contribution in [1.29, 1.82) is 0 Å². The van der Waals surface area contributed by atoms with Gasteiger partial charge in [-0.3, -0.25) is 4.57 Å². The number of imidazole rings is 1. The monoisotopic (exact) mass is 493 g/mol. The molecule has 5 nitrogen and oxygen atoms in total. The van der Waals surface area contributed by atoms with Crippen molar-refractivity contribution >= 4 is 29.9 Å². The predicted octanol–water partition coefficient (Wildman–Crippen LogP) is 3.82. The molecule has 0 spiro atoms. The number of nitrogens with zero attached hydrogens (tertiary/aromatic N) is 3. The van der Waals surface area contributed by atoms with E-state index in [2.05, 4.69) is 20.6 Å². The third-order valence-corrected chi connectivity index (χ3v) is 4.57. The van der Waals surface area contributed by atoms with Gasteiger partial charge in [-0.1, -0.05) is 12.1 Å². The van der Waals surface area contributed by atoms with Gasteiger partial charge in [0.25, 0.3) is 0 Å². The lowest BCUT2D eigenvalue weighted by Gasteiger charge is -2.19. The Hall–Kier alpha value is -1.78. The second-order valence-electron chi connectivity index (χ2n) is 6.37. The average Bonchev–Trinajstić information content (AvgIpc) is 3.26. The number of guanidine groups is 1. The van der Waals surface area contributed by atoms with Crippen molar-refractivity contribution in [3.05, 3.63) is 53.9 Å². The molecule has 1 fully saturated rings. The molecule has 9 heteroatoms. The molecule has 1 heterocycles. The van der Waals surface area contributed by atoms with Crippen LogP contribution < -0.4 is 10.6 Å². The summed E-state index contributed by atoms with van der Waals surface area (Å²) in [6.07, 6.45) is 4.51. The highest BCUT2D eigenvalue weighted by atomic mass is 127. The molecular weight excluding hydrogens is 470 g/mol. The Morgan fingerprint density at radius 1 is 1.33 bits per heavy atom. The SMILES string of the molecule is CCNC(=NCc1nccn1C(F)F)NCC1(c2cccc(F)c2)CC1.I. The van der Waals surface area contributed by atoms with Gasteiger partial charge in [-0.25, -0.2) is 14.4 Å². The molecule has 0 amide bonds. The van der Waals surface area contributed by atoms with Gasteiger partial charge >= 0.3 is 6.55 Å². The molecule has 3 rings (SSSR count). The number of benzene rings is 1. The van der Waals surface area contributed by atoms with Gasteiger partial charge in [0.2, 0.25) is 0 Å². The number of aliphatic imine (C=N–C) groups is 1. The smallest absolute Gasteiger partial charge is 0.319 e. The maximum absolute atomic E-state index is 13.5. The number of hydrogen-bond acceptors (Lipinski definition) is 2. The van der Waals surface area contributed by atoms with Gasteiger partial charge in [0, 0.05) is 30.9 Å². The first kappa shape index (κ1) is 21.5. The molecule has 0 aliphatic heterocycles. The van der Waals surface area contributed by atoms with E-state index in [-0.39, 0.29) is 47.6 Å². The normalized spacial score (nSPS) is 15.4. The molecule has 2 aromatic rings. The highest BCUT2D eigenvalue weighted by Crippen LogP contribution is 2.47. The minimum atomic E-state index is -2.64. The lowest BCUT2D eigenvalue weighted by molar-refractivity contribution is 0.0671. The minimum absolute atomic E-state index is 0. The topological polar surface area (TPSA) is 54.2 Å². The Kier molecular flexibility index (Phi) is 7.51. The van der Waals surface area contributed by atoms with Crippen molar-refractivity contribution < 1.29 is 13.2 Å². The van der Waals surface area contributed by atoms with Gasteiger partial charge in [0.05, 0.1) is 0 Å². The van der Waals surface area contributed by atoms with E-state index < -0.39 is 6.55 Å². The molecule has 0 bridgehead atoms. The maximum atomic E-state index is 13.5. The highest BCUT2D eigenvalue weighted by molar-refractivity contribution is 14.0. The second-order valence-corrected chi connectivity index (χ2v) is 6.37. The van der Waals surface area contributed by atoms with Crippen molar-refractivity contribution in [2.24, 2.45) is 4.99 Å². The molecule has 1 saturated carbocycles. The highest BCUT2D eigenvalue weighted by Gasteiger charge is 2.44. The Bertz CT molecular complexity index is 774. The fraction of sp³-hybridized carbons (Fsp3) is 0.444. The molecule has 0 saturated heterocycles. The zero-order valence-corrected chi connectivity index (χ0v) is 17.3. The number of halogens is 4. The van der Waals surface area contributed by atoms with Crippen LogP contribution in [0, 0.1) is 5.82 Å². The quantitative estimate of drug-likeness (QED) is 0.351. The predicted molar refractivity (Wildman–Crippen MR) is 109 cm³/mol. The van der Waals surface area contributed by atoms with Gasteiger partial charge in [-0.05, 0) is 37.5 Å². The van der Waals surface area contributed by atoms with Gasteiger partial charge in [0.15, 0.2) is 5.96 Å². The molecular formula is C18H23F3IN5. The van der Waals surface area contributed by atoms with E-state index in [0.717, 1.165) is 23.0 Å². The average molecular weight is 493 g/mol. The molecule has 0 radical (unpaired) electrons. The van der Waals surface area contributed by atoms with E-state index >= 15 is 0 Å². The van der Waals surface area contributed by atoms with Crippen LogP contribution in [-0.4, -0.2) is 28.6 Å². The largest absolute Gasteiger partial charge is 0.357 e. The standard InChI is InChI=1S/C18H22F3N5.HI/c1-2-22-17(24-11-15-23-8-9-26(15)16(20)21)25-12-18(6-7-18)13-4-3-5-14(19)10-13;/h3-5,8-10,16H,2,6-7,11-12H2,1H3,(H2,22,24,25);1H. The number of hydrogen-bond donors (Lipinski definition) is 2. The van der Waals surface area contributed by atoms with Crippen LogP contribution in [-0.2, 0) is 12.0 Å². The van der Waals surface area contributed by atoms with Crippen LogP contribution in [0.2, 0.25) is 0 Å². The summed E-state index contributed by atoms with van der Waals surface area (Å²) in [6, 6.07) is 6.65. The Morgan fingerprint density at radius 2 is 2.11 bits per heavy atom. The first-order valence-electron chi connectivity index (χ1n) is 8.62. The van der Waals surface area contributed by atoms with E-state index in [0.29, 0.717) is 19.0 Å². The summed E-state index contributed by atoms with van der Waals surface area (Å²) >= 11 is 0. The summed E-state index contributed by atoms with van der Waals surface area (Å²) in [5.41, 5.74) is 0.869. The third-order valence-electron chi connectivity index (χ3n) is 4.57. The van der Waals surface area contributed by atoms with Crippen LogP contribution in [0.1, 0.15) is 37.7 Å². The van der Waals surface area contributed by atoms with Gasteiger partial charge in [-0.15, -0.1) is 24.0 Å². The Balaban J connectivity index is 0.00000261. The molecule has 148 valence electrons. The number of nitrogens with one attached hydrogen (secondary N) is 2. The van der Waals surface area contributed by atoms with Gasteiger partial charge in [0.1, 0.15) is 18.2 Å². The lowest BCUT2D eigenvalue weighted by Crippen LogP contribution is -2.41. The zero-order chi connectivity index (χ0) is 18.6. The van der Waals surface area contributed by atoms with Crippen LogP contribution in [0.3, 0.4) is 0 Å². The first-order chi connectivity index (χ1) is 12.5. The zero-order valence-electron chi connectivity index (χ0n) is 15.0. The summed E-state index contributed by atoms with van der Waals surface area (Å²) in [5.74, 6) is 0.482. The first-order valence-corrected chi connectivity index (χ1v) is 8.62. The van der Waals surface area contributed by atoms with Crippen molar-refractivity contribution in [3.8, 4) is 0 Å². The molecule has 1 aliphatic rings. The summed E-state index contributed by atoms with van der Waals surface area (Å²) in [6.45, 7) is 0.574. The van der Waals surface area contributed by atoms with E-state index in [4.69, 9.17) is 0 Å².